The van der Waals surface area contributed by atoms with Crippen molar-refractivity contribution < 1.29 is 9.53 Å². The fourth-order valence-corrected chi connectivity index (χ4v) is 2.66. The molecule has 0 aliphatic heterocycles. The average Bonchev–Trinajstić information content (AvgIpc) is 2.62. The molecule has 0 aliphatic carbocycles. The van der Waals surface area contributed by atoms with Crippen LogP contribution >= 0.6 is 11.6 Å². The Bertz CT molecular complexity index is 944. The SMILES string of the molecule is COc1ccc(C)cc1NC(=O)c1cc(Nc2cccc(Cl)c2)ccn1. The largest absolute Gasteiger partial charge is 0.495 e. The van der Waals surface area contributed by atoms with Crippen LogP contribution in [0.15, 0.2) is 60.8 Å². The van der Waals surface area contributed by atoms with Crippen LogP contribution in [0.25, 0.3) is 0 Å². The highest BCUT2D eigenvalue weighted by Crippen LogP contribution is 2.26. The minimum absolute atomic E-state index is 0.292. The monoisotopic (exact) mass is 367 g/mol. The molecule has 2 N–H and O–H groups in total. The van der Waals surface area contributed by atoms with Gasteiger partial charge in [0.2, 0.25) is 0 Å². The third-order valence-corrected chi connectivity index (χ3v) is 3.94. The maximum atomic E-state index is 12.6. The van der Waals surface area contributed by atoms with Gasteiger partial charge in [0.15, 0.2) is 0 Å². The summed E-state index contributed by atoms with van der Waals surface area (Å²) in [5, 5.41) is 6.68. The van der Waals surface area contributed by atoms with Crippen LogP contribution in [-0.4, -0.2) is 18.0 Å². The Morgan fingerprint density at radius 3 is 2.65 bits per heavy atom. The van der Waals surface area contributed by atoms with E-state index in [0.29, 0.717) is 22.2 Å². The number of nitrogens with one attached hydrogen (secondary N) is 2. The summed E-state index contributed by atoms with van der Waals surface area (Å²) in [6.45, 7) is 1.95. The number of anilines is 3. The molecule has 0 bridgehead atoms. The van der Waals surface area contributed by atoms with E-state index >= 15 is 0 Å². The zero-order valence-electron chi connectivity index (χ0n) is 14.4. The highest BCUT2D eigenvalue weighted by atomic mass is 35.5. The molecular weight excluding hydrogens is 350 g/mol. The molecule has 1 amide bonds. The molecule has 6 heteroatoms. The van der Waals surface area contributed by atoms with Crippen molar-refractivity contribution in [3.8, 4) is 5.75 Å². The van der Waals surface area contributed by atoms with Crippen molar-refractivity contribution in [3.63, 3.8) is 0 Å². The number of halogens is 1. The molecule has 3 aromatic rings. The number of carbonyl (C=O) groups is 1. The van der Waals surface area contributed by atoms with Gasteiger partial charge in [0, 0.05) is 22.6 Å². The zero-order valence-corrected chi connectivity index (χ0v) is 15.2. The summed E-state index contributed by atoms with van der Waals surface area (Å²) in [6, 6.07) is 16.4. The summed E-state index contributed by atoms with van der Waals surface area (Å²) in [5.41, 5.74) is 3.48. The number of hydrogen-bond donors (Lipinski definition) is 2. The molecule has 2 aromatic carbocycles. The Hall–Kier alpha value is -3.05. The number of pyridine rings is 1. The van der Waals surface area contributed by atoms with Gasteiger partial charge in [-0.05, 0) is 55.0 Å². The summed E-state index contributed by atoms with van der Waals surface area (Å²) in [7, 11) is 1.56. The van der Waals surface area contributed by atoms with Crippen molar-refractivity contribution in [1.82, 2.24) is 4.98 Å². The molecule has 26 heavy (non-hydrogen) atoms. The van der Waals surface area contributed by atoms with Crippen molar-refractivity contribution in [1.29, 1.82) is 0 Å². The third-order valence-electron chi connectivity index (χ3n) is 3.71. The predicted octanol–water partition coefficient (Wildman–Crippen LogP) is 5.05. The molecule has 0 spiro atoms. The van der Waals surface area contributed by atoms with Crippen LogP contribution in [-0.2, 0) is 0 Å². The van der Waals surface area contributed by atoms with Gasteiger partial charge in [0.05, 0.1) is 12.8 Å². The molecule has 1 aromatic heterocycles. The molecule has 0 saturated carbocycles. The number of methoxy groups -OCH3 is 1. The fraction of sp³-hybridized carbons (Fsp3) is 0.100. The topological polar surface area (TPSA) is 63.2 Å². The Balaban J connectivity index is 1.79. The number of aromatic nitrogens is 1. The summed E-state index contributed by atoms with van der Waals surface area (Å²) in [4.78, 5) is 16.7. The van der Waals surface area contributed by atoms with Gasteiger partial charge >= 0.3 is 0 Å². The quantitative estimate of drug-likeness (QED) is 0.662. The van der Waals surface area contributed by atoms with E-state index in [1.54, 1.807) is 37.6 Å². The lowest BCUT2D eigenvalue weighted by Crippen LogP contribution is -2.14. The van der Waals surface area contributed by atoms with E-state index in [1.807, 2.05) is 37.3 Å². The van der Waals surface area contributed by atoms with Crippen molar-refractivity contribution in [2.24, 2.45) is 0 Å². The van der Waals surface area contributed by atoms with Gasteiger partial charge in [-0.15, -0.1) is 0 Å². The van der Waals surface area contributed by atoms with Gasteiger partial charge in [0.1, 0.15) is 11.4 Å². The highest BCUT2D eigenvalue weighted by molar-refractivity contribution is 6.30. The predicted molar refractivity (Wildman–Crippen MR) is 105 cm³/mol. The minimum Gasteiger partial charge on any atom is -0.495 e. The standard InChI is InChI=1S/C20H18ClN3O2/c1-13-6-7-19(26-2)17(10-13)24-20(25)18-12-16(8-9-22-18)23-15-5-3-4-14(21)11-15/h3-12H,1-2H3,(H,22,23)(H,24,25). The van der Waals surface area contributed by atoms with E-state index in [2.05, 4.69) is 15.6 Å². The van der Waals surface area contributed by atoms with Gasteiger partial charge in [-0.2, -0.15) is 0 Å². The van der Waals surface area contributed by atoms with Crippen LogP contribution in [0, 0.1) is 6.92 Å². The molecule has 0 unspecified atom stereocenters. The first-order valence-electron chi connectivity index (χ1n) is 8.00. The highest BCUT2D eigenvalue weighted by Gasteiger charge is 2.12. The molecular formula is C20H18ClN3O2. The van der Waals surface area contributed by atoms with E-state index in [1.165, 1.54) is 0 Å². The molecule has 1 heterocycles. The number of aryl methyl sites for hydroxylation is 1. The first kappa shape index (κ1) is 17.8. The smallest absolute Gasteiger partial charge is 0.274 e. The number of ether oxygens (including phenoxy) is 1. The molecule has 0 fully saturated rings. The molecule has 3 rings (SSSR count). The maximum absolute atomic E-state index is 12.6. The summed E-state index contributed by atoms with van der Waals surface area (Å²) >= 11 is 6.00. The van der Waals surface area contributed by atoms with Crippen LogP contribution in [0.5, 0.6) is 5.75 Å². The lowest BCUT2D eigenvalue weighted by molar-refractivity contribution is 0.102. The minimum atomic E-state index is -0.316. The first-order chi connectivity index (χ1) is 12.5. The van der Waals surface area contributed by atoms with E-state index in [0.717, 1.165) is 16.9 Å². The van der Waals surface area contributed by atoms with Gasteiger partial charge in [-0.3, -0.25) is 9.78 Å². The maximum Gasteiger partial charge on any atom is 0.274 e. The van der Waals surface area contributed by atoms with Crippen molar-refractivity contribution in [3.05, 3.63) is 77.1 Å². The molecule has 0 atom stereocenters. The van der Waals surface area contributed by atoms with Crippen LogP contribution in [0.1, 0.15) is 16.1 Å². The molecule has 0 radical (unpaired) electrons. The molecule has 132 valence electrons. The lowest BCUT2D eigenvalue weighted by Gasteiger charge is -2.12. The number of nitrogens with zero attached hydrogens (tertiary/aromatic N) is 1. The summed E-state index contributed by atoms with van der Waals surface area (Å²) in [5.74, 6) is 0.279. The van der Waals surface area contributed by atoms with Crippen molar-refractivity contribution >= 4 is 34.6 Å². The van der Waals surface area contributed by atoms with Gasteiger partial charge in [-0.1, -0.05) is 23.7 Å². The summed E-state index contributed by atoms with van der Waals surface area (Å²) < 4.78 is 5.29. The van der Waals surface area contributed by atoms with Gasteiger partial charge < -0.3 is 15.4 Å². The van der Waals surface area contributed by atoms with Gasteiger partial charge in [0.25, 0.3) is 5.91 Å². The Morgan fingerprint density at radius 2 is 1.88 bits per heavy atom. The van der Waals surface area contributed by atoms with E-state index in [-0.39, 0.29) is 5.91 Å². The average molecular weight is 368 g/mol. The van der Waals surface area contributed by atoms with E-state index in [9.17, 15) is 4.79 Å². The third kappa shape index (κ3) is 4.32. The molecule has 5 nitrogen and oxygen atoms in total. The fourth-order valence-electron chi connectivity index (χ4n) is 2.47. The Labute approximate surface area is 157 Å². The lowest BCUT2D eigenvalue weighted by atomic mass is 10.2. The number of carbonyl (C=O) groups excluding carboxylic acids is 1. The second-order valence-electron chi connectivity index (χ2n) is 5.72. The van der Waals surface area contributed by atoms with Gasteiger partial charge in [-0.25, -0.2) is 0 Å². The van der Waals surface area contributed by atoms with E-state index in [4.69, 9.17) is 16.3 Å². The summed E-state index contributed by atoms with van der Waals surface area (Å²) in [6.07, 6.45) is 1.58. The van der Waals surface area contributed by atoms with Crippen LogP contribution in [0.3, 0.4) is 0 Å². The second kappa shape index (κ2) is 7.89. The second-order valence-corrected chi connectivity index (χ2v) is 6.16. The normalized spacial score (nSPS) is 10.3. The Kier molecular flexibility index (Phi) is 5.39. The Morgan fingerprint density at radius 1 is 1.08 bits per heavy atom. The molecule has 0 aliphatic rings. The first-order valence-corrected chi connectivity index (χ1v) is 8.37. The zero-order chi connectivity index (χ0) is 18.5. The van der Waals surface area contributed by atoms with E-state index < -0.39 is 0 Å². The van der Waals surface area contributed by atoms with Crippen molar-refractivity contribution in [2.45, 2.75) is 6.92 Å². The van der Waals surface area contributed by atoms with Crippen LogP contribution < -0.4 is 15.4 Å². The number of amides is 1. The molecule has 0 saturated heterocycles. The number of benzene rings is 2. The number of rotatable bonds is 5. The van der Waals surface area contributed by atoms with Crippen molar-refractivity contribution in [2.75, 3.05) is 17.7 Å². The van der Waals surface area contributed by atoms with Crippen LogP contribution in [0.2, 0.25) is 5.02 Å². The number of hydrogen-bond acceptors (Lipinski definition) is 4. The van der Waals surface area contributed by atoms with Crippen LogP contribution in [0.4, 0.5) is 17.1 Å².